The van der Waals surface area contributed by atoms with E-state index in [0.717, 1.165) is 35.3 Å². The molecule has 24 heavy (non-hydrogen) atoms. The van der Waals surface area contributed by atoms with E-state index in [-0.39, 0.29) is 0 Å². The Bertz CT molecular complexity index is 866. The molecule has 1 heterocycles. The Balaban J connectivity index is 2.19. The van der Waals surface area contributed by atoms with Crippen molar-refractivity contribution in [2.75, 3.05) is 7.11 Å². The van der Waals surface area contributed by atoms with Gasteiger partial charge in [-0.1, -0.05) is 36.2 Å². The molecule has 126 valence electrons. The van der Waals surface area contributed by atoms with Gasteiger partial charge in [0.05, 0.1) is 13.7 Å². The molecule has 5 heteroatoms. The first-order valence-electron chi connectivity index (χ1n) is 8.06. The van der Waals surface area contributed by atoms with E-state index in [0.29, 0.717) is 16.6 Å². The maximum atomic E-state index is 6.37. The summed E-state index contributed by atoms with van der Waals surface area (Å²) in [5.41, 5.74) is 3.26. The number of hydrogen-bond acceptors (Lipinski definition) is 1. The number of aromatic nitrogens is 2. The highest BCUT2D eigenvalue weighted by Gasteiger charge is 2.23. The summed E-state index contributed by atoms with van der Waals surface area (Å²) in [7, 11) is 1.69. The number of halogens is 2. The van der Waals surface area contributed by atoms with Gasteiger partial charge in [-0.05, 0) is 30.7 Å². The molecule has 0 saturated carbocycles. The zero-order valence-corrected chi connectivity index (χ0v) is 15.7. The quantitative estimate of drug-likeness (QED) is 0.582. The highest BCUT2D eigenvalue weighted by Crippen LogP contribution is 2.26. The number of aryl methyl sites for hydroxylation is 1. The fourth-order valence-electron chi connectivity index (χ4n) is 3.12. The minimum Gasteiger partial charge on any atom is -0.497 e. The van der Waals surface area contributed by atoms with Gasteiger partial charge in [0.2, 0.25) is 0 Å². The second kappa shape index (κ2) is 7.04. The van der Waals surface area contributed by atoms with Crippen LogP contribution in [0.5, 0.6) is 5.75 Å². The Labute approximate surface area is 152 Å². The maximum Gasteiger partial charge on any atom is 0.254 e. The second-order valence-corrected chi connectivity index (χ2v) is 6.65. The molecule has 3 aromatic rings. The smallest absolute Gasteiger partial charge is 0.254 e. The van der Waals surface area contributed by atoms with Gasteiger partial charge in [0.15, 0.2) is 11.0 Å². The van der Waals surface area contributed by atoms with Crippen molar-refractivity contribution < 1.29 is 9.30 Å². The summed E-state index contributed by atoms with van der Waals surface area (Å²) >= 11 is 12.7. The standard InChI is InChI=1S/C19H21Cl2N2O/c1-4-10-22-13(2)23(12-15-16(20)6-5-7-17(15)21)18-9-8-14(24-3)11-19(18)22/h5-9,11H,4,10,12H2,1-3H3/q+1. The normalized spacial score (nSPS) is 11.2. The van der Waals surface area contributed by atoms with Crippen molar-refractivity contribution in [3.63, 3.8) is 0 Å². The topological polar surface area (TPSA) is 18.0 Å². The molecule has 3 nitrogen and oxygen atoms in total. The van der Waals surface area contributed by atoms with Gasteiger partial charge >= 0.3 is 0 Å². The fourth-order valence-corrected chi connectivity index (χ4v) is 3.63. The van der Waals surface area contributed by atoms with Crippen LogP contribution in [0.2, 0.25) is 10.0 Å². The molecule has 0 aliphatic rings. The fraction of sp³-hybridized carbons (Fsp3) is 0.316. The van der Waals surface area contributed by atoms with Crippen LogP contribution in [0.1, 0.15) is 24.7 Å². The van der Waals surface area contributed by atoms with E-state index < -0.39 is 0 Å². The Morgan fingerprint density at radius 3 is 2.46 bits per heavy atom. The van der Waals surface area contributed by atoms with Crippen molar-refractivity contribution >= 4 is 34.2 Å². The summed E-state index contributed by atoms with van der Waals surface area (Å²) in [6.45, 7) is 5.91. The van der Waals surface area contributed by atoms with Crippen LogP contribution in [-0.2, 0) is 13.1 Å². The summed E-state index contributed by atoms with van der Waals surface area (Å²) in [6, 6.07) is 11.8. The first-order chi connectivity index (χ1) is 11.6. The van der Waals surface area contributed by atoms with Crippen LogP contribution in [-0.4, -0.2) is 11.7 Å². The van der Waals surface area contributed by atoms with Crippen molar-refractivity contribution in [3.05, 3.63) is 57.8 Å². The molecule has 0 N–H and O–H groups in total. The van der Waals surface area contributed by atoms with Crippen molar-refractivity contribution in [2.24, 2.45) is 0 Å². The molecule has 0 spiro atoms. The molecule has 0 radical (unpaired) electrons. The van der Waals surface area contributed by atoms with Crippen LogP contribution in [0, 0.1) is 6.92 Å². The van der Waals surface area contributed by atoms with Gasteiger partial charge in [0.1, 0.15) is 12.3 Å². The number of rotatable bonds is 5. The number of imidazole rings is 1. The van der Waals surface area contributed by atoms with E-state index in [9.17, 15) is 0 Å². The van der Waals surface area contributed by atoms with Crippen LogP contribution < -0.4 is 9.30 Å². The molecule has 0 atom stereocenters. The van der Waals surface area contributed by atoms with Crippen molar-refractivity contribution in [2.45, 2.75) is 33.4 Å². The van der Waals surface area contributed by atoms with Crippen LogP contribution in [0.25, 0.3) is 11.0 Å². The predicted octanol–water partition coefficient (Wildman–Crippen LogP) is 5.01. The average molecular weight is 364 g/mol. The summed E-state index contributed by atoms with van der Waals surface area (Å²) in [4.78, 5) is 0. The number of ether oxygens (including phenoxy) is 1. The Morgan fingerprint density at radius 2 is 1.83 bits per heavy atom. The lowest BCUT2D eigenvalue weighted by Crippen LogP contribution is -2.37. The van der Waals surface area contributed by atoms with Gasteiger partial charge < -0.3 is 4.74 Å². The maximum absolute atomic E-state index is 6.37. The molecule has 0 unspecified atom stereocenters. The summed E-state index contributed by atoms with van der Waals surface area (Å²) in [5, 5.41) is 1.39. The molecular weight excluding hydrogens is 343 g/mol. The van der Waals surface area contributed by atoms with Crippen molar-refractivity contribution in [1.82, 2.24) is 4.57 Å². The molecule has 0 saturated heterocycles. The summed E-state index contributed by atoms with van der Waals surface area (Å²) < 4.78 is 9.98. The molecule has 2 aromatic carbocycles. The minimum absolute atomic E-state index is 0.643. The molecule has 0 amide bonds. The van der Waals surface area contributed by atoms with Crippen LogP contribution in [0.4, 0.5) is 0 Å². The molecule has 3 rings (SSSR count). The van der Waals surface area contributed by atoms with Crippen LogP contribution >= 0.6 is 23.2 Å². The zero-order valence-electron chi connectivity index (χ0n) is 14.1. The number of nitrogens with zero attached hydrogens (tertiary/aromatic N) is 2. The van der Waals surface area contributed by atoms with Crippen LogP contribution in [0.15, 0.2) is 36.4 Å². The Morgan fingerprint density at radius 1 is 1.12 bits per heavy atom. The highest BCUT2D eigenvalue weighted by molar-refractivity contribution is 6.35. The SMILES string of the molecule is CCCn1c(C)[n+](Cc2c(Cl)cccc2Cl)c2ccc(OC)cc21. The number of benzene rings is 2. The first kappa shape index (κ1) is 17.1. The van der Waals surface area contributed by atoms with Gasteiger partial charge in [0.25, 0.3) is 5.82 Å². The highest BCUT2D eigenvalue weighted by atomic mass is 35.5. The van der Waals surface area contributed by atoms with Crippen molar-refractivity contribution in [3.8, 4) is 5.75 Å². The van der Waals surface area contributed by atoms with E-state index in [1.165, 1.54) is 5.82 Å². The molecule has 0 aliphatic heterocycles. The lowest BCUT2D eigenvalue weighted by molar-refractivity contribution is -0.669. The van der Waals surface area contributed by atoms with Crippen LogP contribution in [0.3, 0.4) is 0 Å². The van der Waals surface area contributed by atoms with Gasteiger partial charge in [-0.25, -0.2) is 9.13 Å². The third-order valence-corrected chi connectivity index (χ3v) is 5.08. The predicted molar refractivity (Wildman–Crippen MR) is 99.3 cm³/mol. The second-order valence-electron chi connectivity index (χ2n) is 5.84. The molecule has 1 aromatic heterocycles. The average Bonchev–Trinajstić information content (AvgIpc) is 2.83. The molecule has 0 bridgehead atoms. The zero-order chi connectivity index (χ0) is 17.3. The Kier molecular flexibility index (Phi) is 5.02. The summed E-state index contributed by atoms with van der Waals surface area (Å²) in [6.07, 6.45) is 1.06. The third-order valence-electron chi connectivity index (χ3n) is 4.37. The lowest BCUT2D eigenvalue weighted by atomic mass is 10.2. The van der Waals surface area contributed by atoms with Gasteiger partial charge in [-0.2, -0.15) is 0 Å². The van der Waals surface area contributed by atoms with E-state index >= 15 is 0 Å². The minimum atomic E-state index is 0.643. The van der Waals surface area contributed by atoms with E-state index in [2.05, 4.69) is 35.1 Å². The van der Waals surface area contributed by atoms with Crippen molar-refractivity contribution in [1.29, 1.82) is 0 Å². The molecule has 0 fully saturated rings. The molecule has 0 aliphatic carbocycles. The number of hydrogen-bond donors (Lipinski definition) is 0. The summed E-state index contributed by atoms with van der Waals surface area (Å²) in [5.74, 6) is 2.04. The van der Waals surface area contributed by atoms with Gasteiger partial charge in [-0.3, -0.25) is 0 Å². The third kappa shape index (κ3) is 2.99. The monoisotopic (exact) mass is 363 g/mol. The largest absolute Gasteiger partial charge is 0.497 e. The Hall–Kier alpha value is -1.71. The van der Waals surface area contributed by atoms with E-state index in [1.54, 1.807) is 7.11 Å². The van der Waals surface area contributed by atoms with Gasteiger partial charge in [-0.15, -0.1) is 0 Å². The first-order valence-corrected chi connectivity index (χ1v) is 8.82. The number of methoxy groups -OCH3 is 1. The number of fused-ring (bicyclic) bond motifs is 1. The molecular formula is C19H21Cl2N2O+. The lowest BCUT2D eigenvalue weighted by Gasteiger charge is -2.06. The van der Waals surface area contributed by atoms with E-state index in [1.807, 2.05) is 24.3 Å². The van der Waals surface area contributed by atoms with Gasteiger partial charge in [0, 0.05) is 28.6 Å². The van der Waals surface area contributed by atoms with E-state index in [4.69, 9.17) is 27.9 Å².